The molecule has 2 aromatic rings. The molecule has 1 aliphatic carbocycles. The highest BCUT2D eigenvalue weighted by molar-refractivity contribution is 5.92. The molecular formula is C24H29FN4O2. The number of piperazine rings is 1. The molecule has 2 fully saturated rings. The number of hydrogen-bond donors (Lipinski definition) is 1. The number of nitrogens with zero attached hydrogens (tertiary/aromatic N) is 3. The summed E-state index contributed by atoms with van der Waals surface area (Å²) < 4.78 is 13.3. The quantitative estimate of drug-likeness (QED) is 0.774. The number of carbonyl (C=O) groups is 2. The summed E-state index contributed by atoms with van der Waals surface area (Å²) in [5.74, 6) is -0.299. The number of carbonyl (C=O) groups excluding carboxylic acids is 2. The van der Waals surface area contributed by atoms with Gasteiger partial charge in [0.25, 0.3) is 5.91 Å². The standard InChI is InChI=1S/C24H29FN4O2/c25-20-8-6-19(7-9-20)24(10-2-3-11-24)18-27-22(30)17-28-13-15-29(16-14-28)23(31)21-5-1-4-12-26-21/h1,4-9,12H,2-3,10-11,13-18H2,(H,27,30). The van der Waals surface area contributed by atoms with Crippen LogP contribution in [0.15, 0.2) is 48.7 Å². The first-order valence-electron chi connectivity index (χ1n) is 11.0. The summed E-state index contributed by atoms with van der Waals surface area (Å²) >= 11 is 0. The summed E-state index contributed by atoms with van der Waals surface area (Å²) in [4.78, 5) is 33.1. The highest BCUT2D eigenvalue weighted by atomic mass is 19.1. The van der Waals surface area contributed by atoms with Crippen LogP contribution in [0.4, 0.5) is 4.39 Å². The van der Waals surface area contributed by atoms with Crippen molar-refractivity contribution < 1.29 is 14.0 Å². The molecule has 2 amide bonds. The van der Waals surface area contributed by atoms with Crippen LogP contribution in [-0.2, 0) is 10.2 Å². The molecule has 0 spiro atoms. The van der Waals surface area contributed by atoms with Gasteiger partial charge in [-0.2, -0.15) is 0 Å². The van der Waals surface area contributed by atoms with Crippen molar-refractivity contribution in [3.05, 3.63) is 65.7 Å². The van der Waals surface area contributed by atoms with Crippen LogP contribution in [-0.4, -0.2) is 65.9 Å². The van der Waals surface area contributed by atoms with Gasteiger partial charge in [-0.1, -0.05) is 31.0 Å². The van der Waals surface area contributed by atoms with E-state index in [4.69, 9.17) is 0 Å². The third-order valence-electron chi connectivity index (χ3n) is 6.55. The van der Waals surface area contributed by atoms with E-state index in [9.17, 15) is 14.0 Å². The van der Waals surface area contributed by atoms with Gasteiger partial charge in [-0.05, 0) is 42.7 Å². The Kier molecular flexibility index (Phi) is 6.61. The minimum absolute atomic E-state index is 0.00195. The second-order valence-corrected chi connectivity index (χ2v) is 8.55. The summed E-state index contributed by atoms with van der Waals surface area (Å²) in [5, 5.41) is 3.12. The number of halogens is 1. The fraction of sp³-hybridized carbons (Fsp3) is 0.458. The molecule has 1 saturated carbocycles. The number of rotatable bonds is 6. The largest absolute Gasteiger partial charge is 0.354 e. The normalized spacial score (nSPS) is 18.7. The lowest BCUT2D eigenvalue weighted by molar-refractivity contribution is -0.122. The zero-order chi connectivity index (χ0) is 21.7. The van der Waals surface area contributed by atoms with Gasteiger partial charge in [0.2, 0.25) is 5.91 Å². The zero-order valence-corrected chi connectivity index (χ0v) is 17.7. The smallest absolute Gasteiger partial charge is 0.272 e. The van der Waals surface area contributed by atoms with Gasteiger partial charge >= 0.3 is 0 Å². The van der Waals surface area contributed by atoms with Crippen molar-refractivity contribution in [1.29, 1.82) is 0 Å². The van der Waals surface area contributed by atoms with Crippen molar-refractivity contribution in [2.75, 3.05) is 39.3 Å². The molecule has 0 unspecified atom stereocenters. The van der Waals surface area contributed by atoms with Crippen LogP contribution in [0.5, 0.6) is 0 Å². The monoisotopic (exact) mass is 424 g/mol. The van der Waals surface area contributed by atoms with Gasteiger partial charge < -0.3 is 10.2 Å². The summed E-state index contributed by atoms with van der Waals surface area (Å²) in [6.07, 6.45) is 5.89. The molecular weight excluding hydrogens is 395 g/mol. The Morgan fingerprint density at radius 1 is 1.00 bits per heavy atom. The predicted molar refractivity (Wildman–Crippen MR) is 116 cm³/mol. The van der Waals surface area contributed by atoms with E-state index in [-0.39, 0.29) is 23.0 Å². The highest BCUT2D eigenvalue weighted by Gasteiger charge is 2.36. The topological polar surface area (TPSA) is 65.5 Å². The molecule has 0 atom stereocenters. The third kappa shape index (κ3) is 5.10. The lowest BCUT2D eigenvalue weighted by atomic mass is 9.79. The second-order valence-electron chi connectivity index (χ2n) is 8.55. The Morgan fingerprint density at radius 3 is 2.35 bits per heavy atom. The van der Waals surface area contributed by atoms with Crippen molar-refractivity contribution >= 4 is 11.8 Å². The Morgan fingerprint density at radius 2 is 1.71 bits per heavy atom. The zero-order valence-electron chi connectivity index (χ0n) is 17.7. The molecule has 0 bridgehead atoms. The Balaban J connectivity index is 1.26. The highest BCUT2D eigenvalue weighted by Crippen LogP contribution is 2.40. The van der Waals surface area contributed by atoms with E-state index in [1.807, 2.05) is 18.2 Å². The number of pyridine rings is 1. The van der Waals surface area contributed by atoms with Gasteiger partial charge in [0, 0.05) is 44.3 Å². The molecule has 1 aromatic heterocycles. The van der Waals surface area contributed by atoms with E-state index in [1.54, 1.807) is 23.2 Å². The summed E-state index contributed by atoms with van der Waals surface area (Å²) in [5.41, 5.74) is 1.46. The maximum Gasteiger partial charge on any atom is 0.272 e. The molecule has 31 heavy (non-hydrogen) atoms. The summed E-state index contributed by atoms with van der Waals surface area (Å²) in [6, 6.07) is 12.0. The molecule has 6 nitrogen and oxygen atoms in total. The third-order valence-corrected chi connectivity index (χ3v) is 6.55. The average molecular weight is 425 g/mol. The van der Waals surface area contributed by atoms with Crippen molar-refractivity contribution in [1.82, 2.24) is 20.1 Å². The molecule has 7 heteroatoms. The number of hydrogen-bond acceptors (Lipinski definition) is 4. The van der Waals surface area contributed by atoms with Crippen molar-refractivity contribution in [2.45, 2.75) is 31.1 Å². The minimum atomic E-state index is -0.235. The number of nitrogens with one attached hydrogen (secondary N) is 1. The summed E-state index contributed by atoms with van der Waals surface area (Å²) in [7, 11) is 0. The number of aromatic nitrogens is 1. The first-order chi connectivity index (χ1) is 15.1. The van der Waals surface area contributed by atoms with Gasteiger partial charge in [-0.15, -0.1) is 0 Å². The molecule has 0 radical (unpaired) electrons. The Bertz CT molecular complexity index is 890. The van der Waals surface area contributed by atoms with E-state index in [1.165, 1.54) is 12.1 Å². The summed E-state index contributed by atoms with van der Waals surface area (Å²) in [6.45, 7) is 3.40. The fourth-order valence-electron chi connectivity index (χ4n) is 4.71. The van der Waals surface area contributed by atoms with Crippen molar-refractivity contribution in [3.63, 3.8) is 0 Å². The number of benzene rings is 1. The van der Waals surface area contributed by atoms with Crippen LogP contribution in [0, 0.1) is 5.82 Å². The van der Waals surface area contributed by atoms with Crippen LogP contribution < -0.4 is 5.32 Å². The maximum atomic E-state index is 13.3. The second kappa shape index (κ2) is 9.56. The molecule has 1 saturated heterocycles. The van der Waals surface area contributed by atoms with E-state index in [0.717, 1.165) is 31.2 Å². The van der Waals surface area contributed by atoms with Gasteiger partial charge in [0.1, 0.15) is 11.5 Å². The van der Waals surface area contributed by atoms with E-state index < -0.39 is 0 Å². The van der Waals surface area contributed by atoms with Gasteiger partial charge in [0.05, 0.1) is 6.54 Å². The predicted octanol–water partition coefficient (Wildman–Crippen LogP) is 2.61. The molecule has 1 aliphatic heterocycles. The molecule has 164 valence electrons. The first kappa shape index (κ1) is 21.4. The van der Waals surface area contributed by atoms with Crippen LogP contribution in [0.25, 0.3) is 0 Å². The molecule has 1 N–H and O–H groups in total. The van der Waals surface area contributed by atoms with Crippen LogP contribution in [0.3, 0.4) is 0 Å². The van der Waals surface area contributed by atoms with E-state index >= 15 is 0 Å². The Hall–Kier alpha value is -2.80. The van der Waals surface area contributed by atoms with E-state index in [0.29, 0.717) is 45.0 Å². The van der Waals surface area contributed by atoms with Gasteiger partial charge in [-0.25, -0.2) is 4.39 Å². The molecule has 2 heterocycles. The fourth-order valence-corrected chi connectivity index (χ4v) is 4.71. The maximum absolute atomic E-state index is 13.3. The van der Waals surface area contributed by atoms with Gasteiger partial charge in [-0.3, -0.25) is 19.5 Å². The average Bonchev–Trinajstić information content (AvgIpc) is 3.29. The van der Waals surface area contributed by atoms with Crippen LogP contribution >= 0.6 is 0 Å². The first-order valence-corrected chi connectivity index (χ1v) is 11.0. The van der Waals surface area contributed by atoms with Crippen molar-refractivity contribution in [3.8, 4) is 0 Å². The number of amides is 2. The molecule has 4 rings (SSSR count). The molecule has 2 aliphatic rings. The lowest BCUT2D eigenvalue weighted by Gasteiger charge is -2.34. The Labute approximate surface area is 182 Å². The van der Waals surface area contributed by atoms with Gasteiger partial charge in [0.15, 0.2) is 0 Å². The lowest BCUT2D eigenvalue weighted by Crippen LogP contribution is -2.52. The minimum Gasteiger partial charge on any atom is -0.354 e. The van der Waals surface area contributed by atoms with Crippen LogP contribution in [0.1, 0.15) is 41.7 Å². The van der Waals surface area contributed by atoms with Crippen molar-refractivity contribution in [2.24, 2.45) is 0 Å². The van der Waals surface area contributed by atoms with E-state index in [2.05, 4.69) is 15.2 Å². The molecule has 1 aromatic carbocycles. The SMILES string of the molecule is O=C(CN1CCN(C(=O)c2ccccn2)CC1)NCC1(c2ccc(F)cc2)CCCC1. The van der Waals surface area contributed by atoms with Crippen LogP contribution in [0.2, 0.25) is 0 Å².